The van der Waals surface area contributed by atoms with Crippen molar-refractivity contribution in [3.05, 3.63) is 72.8 Å². The predicted molar refractivity (Wildman–Crippen MR) is 96.5 cm³/mol. The van der Waals surface area contributed by atoms with Crippen LogP contribution in [0.2, 0.25) is 0 Å². The van der Waals surface area contributed by atoms with Crippen molar-refractivity contribution in [3.8, 4) is 22.6 Å². The molecule has 0 spiro atoms. The van der Waals surface area contributed by atoms with Gasteiger partial charge in [0.1, 0.15) is 18.2 Å². The van der Waals surface area contributed by atoms with E-state index < -0.39 is 30.2 Å². The van der Waals surface area contributed by atoms with Crippen LogP contribution in [0.3, 0.4) is 0 Å². The highest BCUT2D eigenvalue weighted by Crippen LogP contribution is 2.33. The Labute approximate surface area is 157 Å². The summed E-state index contributed by atoms with van der Waals surface area (Å²) in [4.78, 5) is 0. The Morgan fingerprint density at radius 1 is 0.929 bits per heavy atom. The lowest BCUT2D eigenvalue weighted by atomic mass is 10.00. The molecule has 3 rings (SSSR count). The molecule has 0 amide bonds. The molecule has 146 valence electrons. The van der Waals surface area contributed by atoms with Crippen molar-refractivity contribution in [3.63, 3.8) is 0 Å². The normalized spacial score (nSPS) is 11.5. The van der Waals surface area contributed by atoms with Gasteiger partial charge >= 0.3 is 6.18 Å². The van der Waals surface area contributed by atoms with Crippen LogP contribution in [0.15, 0.2) is 61.2 Å². The molecule has 2 nitrogen and oxygen atoms in total. The van der Waals surface area contributed by atoms with E-state index in [1.54, 1.807) is 12.1 Å². The van der Waals surface area contributed by atoms with Crippen LogP contribution in [0.1, 0.15) is 0 Å². The van der Waals surface area contributed by atoms with Gasteiger partial charge in [0.2, 0.25) is 0 Å². The van der Waals surface area contributed by atoms with E-state index in [4.69, 9.17) is 4.74 Å². The Morgan fingerprint density at radius 3 is 2.39 bits per heavy atom. The van der Waals surface area contributed by atoms with Crippen LogP contribution in [-0.2, 0) is 0 Å². The average Bonchev–Trinajstić information content (AvgIpc) is 2.65. The van der Waals surface area contributed by atoms with Gasteiger partial charge in [-0.2, -0.15) is 13.2 Å². The van der Waals surface area contributed by atoms with Crippen molar-refractivity contribution in [2.45, 2.75) is 6.18 Å². The summed E-state index contributed by atoms with van der Waals surface area (Å²) >= 11 is 0. The Hall–Kier alpha value is -3.09. The topological polar surface area (TPSA) is 18.5 Å². The fourth-order valence-electron chi connectivity index (χ4n) is 2.69. The van der Waals surface area contributed by atoms with Crippen molar-refractivity contribution in [2.24, 2.45) is 0 Å². The van der Waals surface area contributed by atoms with E-state index in [2.05, 4.69) is 11.3 Å². The summed E-state index contributed by atoms with van der Waals surface area (Å²) < 4.78 is 75.4. The van der Waals surface area contributed by atoms with Gasteiger partial charge in [0.15, 0.2) is 18.2 Å². The summed E-state index contributed by atoms with van der Waals surface area (Å²) in [6, 6.07) is 11.3. The fraction of sp³-hybridized carbons (Fsp3) is 0.143. The van der Waals surface area contributed by atoms with E-state index in [1.165, 1.54) is 36.4 Å². The van der Waals surface area contributed by atoms with Gasteiger partial charge in [0.05, 0.1) is 0 Å². The van der Waals surface area contributed by atoms with Crippen molar-refractivity contribution in [1.82, 2.24) is 0 Å². The van der Waals surface area contributed by atoms with Crippen molar-refractivity contribution in [2.75, 3.05) is 13.2 Å². The average molecular weight is 394 g/mol. The van der Waals surface area contributed by atoms with Crippen LogP contribution < -0.4 is 9.47 Å². The first-order valence-electron chi connectivity index (χ1n) is 8.24. The number of hydrogen-bond acceptors (Lipinski definition) is 2. The maximum Gasteiger partial charge on any atom is 0.422 e. The van der Waals surface area contributed by atoms with Crippen LogP contribution in [0, 0.1) is 11.6 Å². The van der Waals surface area contributed by atoms with Gasteiger partial charge < -0.3 is 9.47 Å². The predicted octanol–water partition coefficient (Wildman–Crippen LogP) is 6.29. The highest BCUT2D eigenvalue weighted by molar-refractivity contribution is 5.89. The number of benzene rings is 3. The number of hydrogen-bond donors (Lipinski definition) is 0. The Kier molecular flexibility index (Phi) is 5.53. The standard InChI is InChI=1S/C21H15F5O2/c1-2-9-27-15-5-7-16(18(22)11-15)13-3-6-17-14(10-13)4-8-19(20(17)23)28-12-21(24,25)26/h2-8,10-11H,1,9,12H2. The molecule has 7 heteroatoms. The van der Waals surface area contributed by atoms with Crippen LogP contribution in [-0.4, -0.2) is 19.4 Å². The molecule has 0 aliphatic rings. The molecule has 0 radical (unpaired) electrons. The van der Waals surface area contributed by atoms with Crippen molar-refractivity contribution < 1.29 is 31.4 Å². The molecular weight excluding hydrogens is 379 g/mol. The van der Waals surface area contributed by atoms with E-state index >= 15 is 0 Å². The quantitative estimate of drug-likeness (QED) is 0.361. The third kappa shape index (κ3) is 4.42. The van der Waals surface area contributed by atoms with Gasteiger partial charge in [-0.15, -0.1) is 0 Å². The zero-order valence-electron chi connectivity index (χ0n) is 14.5. The zero-order chi connectivity index (χ0) is 20.3. The van der Waals surface area contributed by atoms with Crippen LogP contribution in [0.4, 0.5) is 22.0 Å². The fourth-order valence-corrected chi connectivity index (χ4v) is 2.69. The number of fused-ring (bicyclic) bond motifs is 1. The maximum absolute atomic E-state index is 14.4. The van der Waals surface area contributed by atoms with E-state index in [9.17, 15) is 22.0 Å². The van der Waals surface area contributed by atoms with E-state index in [1.807, 2.05) is 0 Å². The second-order valence-corrected chi connectivity index (χ2v) is 5.96. The SMILES string of the molecule is C=CCOc1ccc(-c2ccc3c(F)c(OCC(F)(F)F)ccc3c2)c(F)c1. The summed E-state index contributed by atoms with van der Waals surface area (Å²) in [5, 5.41) is 0.482. The first-order valence-corrected chi connectivity index (χ1v) is 8.24. The lowest BCUT2D eigenvalue weighted by molar-refractivity contribution is -0.153. The summed E-state index contributed by atoms with van der Waals surface area (Å²) in [7, 11) is 0. The molecular formula is C21H15F5O2. The van der Waals surface area contributed by atoms with Crippen molar-refractivity contribution >= 4 is 10.8 Å². The molecule has 0 unspecified atom stereocenters. The molecule has 0 aliphatic carbocycles. The van der Waals surface area contributed by atoms with Gasteiger partial charge in [-0.1, -0.05) is 30.9 Å². The first-order chi connectivity index (χ1) is 13.3. The van der Waals surface area contributed by atoms with E-state index in [0.29, 0.717) is 16.7 Å². The molecule has 0 atom stereocenters. The van der Waals surface area contributed by atoms with Gasteiger partial charge in [-0.25, -0.2) is 8.78 Å². The number of halogens is 5. The van der Waals surface area contributed by atoms with Gasteiger partial charge in [-0.05, 0) is 35.2 Å². The van der Waals surface area contributed by atoms with Crippen LogP contribution in [0.5, 0.6) is 11.5 Å². The smallest absolute Gasteiger partial charge is 0.422 e. The molecule has 0 bridgehead atoms. The highest BCUT2D eigenvalue weighted by atomic mass is 19.4. The van der Waals surface area contributed by atoms with Gasteiger partial charge in [0, 0.05) is 17.0 Å². The third-order valence-electron chi connectivity index (χ3n) is 3.93. The largest absolute Gasteiger partial charge is 0.489 e. The summed E-state index contributed by atoms with van der Waals surface area (Å²) in [6.45, 7) is 2.17. The zero-order valence-corrected chi connectivity index (χ0v) is 14.5. The molecule has 0 aliphatic heterocycles. The minimum absolute atomic E-state index is 0.0785. The second kappa shape index (κ2) is 7.88. The molecule has 3 aromatic carbocycles. The number of ether oxygens (including phenoxy) is 2. The molecule has 0 fully saturated rings. The monoisotopic (exact) mass is 394 g/mol. The Morgan fingerprint density at radius 2 is 1.71 bits per heavy atom. The molecule has 0 heterocycles. The highest BCUT2D eigenvalue weighted by Gasteiger charge is 2.29. The van der Waals surface area contributed by atoms with Gasteiger partial charge in [0.25, 0.3) is 0 Å². The Bertz CT molecular complexity index is 1010. The summed E-state index contributed by atoms with van der Waals surface area (Å²) in [6.07, 6.45) is -3.03. The van der Waals surface area contributed by atoms with E-state index in [-0.39, 0.29) is 17.6 Å². The summed E-state index contributed by atoms with van der Waals surface area (Å²) in [5.74, 6) is -1.57. The third-order valence-corrected chi connectivity index (χ3v) is 3.93. The number of rotatable bonds is 6. The lowest BCUT2D eigenvalue weighted by Gasteiger charge is -2.12. The molecule has 0 saturated carbocycles. The molecule has 0 aromatic heterocycles. The number of alkyl halides is 3. The second-order valence-electron chi connectivity index (χ2n) is 5.96. The van der Waals surface area contributed by atoms with E-state index in [0.717, 1.165) is 6.07 Å². The minimum Gasteiger partial charge on any atom is -0.489 e. The first kappa shape index (κ1) is 19.7. The van der Waals surface area contributed by atoms with Crippen LogP contribution >= 0.6 is 0 Å². The van der Waals surface area contributed by atoms with Crippen molar-refractivity contribution in [1.29, 1.82) is 0 Å². The molecule has 28 heavy (non-hydrogen) atoms. The molecule has 0 N–H and O–H groups in total. The van der Waals surface area contributed by atoms with Gasteiger partial charge in [-0.3, -0.25) is 0 Å². The maximum atomic E-state index is 14.4. The minimum atomic E-state index is -4.57. The summed E-state index contributed by atoms with van der Waals surface area (Å²) in [5.41, 5.74) is 0.772. The Balaban J connectivity index is 1.91. The molecule has 3 aromatic rings. The molecule has 0 saturated heterocycles. The van der Waals surface area contributed by atoms with Crippen LogP contribution in [0.25, 0.3) is 21.9 Å². The lowest BCUT2D eigenvalue weighted by Crippen LogP contribution is -2.19.